The van der Waals surface area contributed by atoms with Crippen LogP contribution < -0.4 is 10.5 Å². The van der Waals surface area contributed by atoms with Gasteiger partial charge < -0.3 is 10.5 Å². The average molecular weight is 286 g/mol. The van der Waals surface area contributed by atoms with Gasteiger partial charge in [-0.25, -0.2) is 13.1 Å². The predicted molar refractivity (Wildman–Crippen MR) is 76.5 cm³/mol. The summed E-state index contributed by atoms with van der Waals surface area (Å²) in [4.78, 5) is 0.117. The molecule has 0 heterocycles. The smallest absolute Gasteiger partial charge is 0.242 e. The molecule has 0 saturated heterocycles. The number of nitrogens with two attached hydrogens (primary N) is 1. The van der Waals surface area contributed by atoms with Crippen molar-refractivity contribution in [2.24, 2.45) is 0 Å². The molecule has 0 radical (unpaired) electrons. The minimum absolute atomic E-state index is 0.117. The summed E-state index contributed by atoms with van der Waals surface area (Å²) in [5.74, 6) is 0. The molecule has 0 aliphatic carbocycles. The quantitative estimate of drug-likeness (QED) is 0.562. The van der Waals surface area contributed by atoms with Crippen molar-refractivity contribution in [1.82, 2.24) is 4.72 Å². The van der Waals surface area contributed by atoms with Gasteiger partial charge >= 0.3 is 0 Å². The zero-order valence-corrected chi connectivity index (χ0v) is 12.3. The lowest BCUT2D eigenvalue weighted by atomic mass is 10.2. The Hall–Kier alpha value is -1.11. The van der Waals surface area contributed by atoms with Gasteiger partial charge in [-0.2, -0.15) is 0 Å². The van der Waals surface area contributed by atoms with Crippen LogP contribution in [0.5, 0.6) is 0 Å². The Morgan fingerprint density at radius 3 is 2.68 bits per heavy atom. The number of benzene rings is 1. The lowest BCUT2D eigenvalue weighted by Crippen LogP contribution is -2.28. The molecule has 19 heavy (non-hydrogen) atoms. The third kappa shape index (κ3) is 5.18. The van der Waals surface area contributed by atoms with Gasteiger partial charge in [-0.15, -0.1) is 0 Å². The molecule has 0 atom stereocenters. The summed E-state index contributed by atoms with van der Waals surface area (Å²) < 4.78 is 31.8. The Morgan fingerprint density at radius 2 is 2.05 bits per heavy atom. The average Bonchev–Trinajstić information content (AvgIpc) is 2.33. The second-order valence-electron chi connectivity index (χ2n) is 4.40. The van der Waals surface area contributed by atoms with Crippen LogP contribution in [0.3, 0.4) is 0 Å². The Morgan fingerprint density at radius 1 is 1.32 bits per heavy atom. The van der Waals surface area contributed by atoms with E-state index in [1.165, 1.54) is 6.07 Å². The molecule has 0 bridgehead atoms. The molecule has 0 unspecified atom stereocenters. The minimum atomic E-state index is -3.56. The minimum Gasteiger partial charge on any atom is -0.398 e. The highest BCUT2D eigenvalue weighted by Crippen LogP contribution is 2.18. The first-order chi connectivity index (χ1) is 8.97. The second-order valence-corrected chi connectivity index (χ2v) is 6.14. The molecule has 0 aromatic heterocycles. The number of nitrogen functional groups attached to an aromatic ring is 1. The molecule has 1 rings (SSSR count). The molecule has 0 aliphatic rings. The van der Waals surface area contributed by atoms with E-state index in [-0.39, 0.29) is 17.1 Å². The SMILES string of the molecule is CCCCOCCNS(=O)(=O)c1ccc(C)cc1N. The maximum Gasteiger partial charge on any atom is 0.242 e. The van der Waals surface area contributed by atoms with E-state index in [1.807, 2.05) is 6.92 Å². The fraction of sp³-hybridized carbons (Fsp3) is 0.538. The van der Waals surface area contributed by atoms with Crippen LogP contribution in [0.4, 0.5) is 5.69 Å². The van der Waals surface area contributed by atoms with E-state index in [1.54, 1.807) is 12.1 Å². The zero-order valence-electron chi connectivity index (χ0n) is 11.5. The molecule has 0 fully saturated rings. The Bertz CT molecular complexity index is 501. The van der Waals surface area contributed by atoms with Crippen LogP contribution >= 0.6 is 0 Å². The Balaban J connectivity index is 2.52. The second kappa shape index (κ2) is 7.47. The molecule has 6 heteroatoms. The highest BCUT2D eigenvalue weighted by atomic mass is 32.2. The van der Waals surface area contributed by atoms with E-state index in [0.29, 0.717) is 13.2 Å². The standard InChI is InChI=1S/C13H22N2O3S/c1-3-4-8-18-9-7-15-19(16,17)13-6-5-11(2)10-12(13)14/h5-6,10,15H,3-4,7-9,14H2,1-2H3. The molecule has 5 nitrogen and oxygen atoms in total. The van der Waals surface area contributed by atoms with Crippen LogP contribution in [-0.4, -0.2) is 28.2 Å². The topological polar surface area (TPSA) is 81.4 Å². The van der Waals surface area contributed by atoms with E-state index in [2.05, 4.69) is 11.6 Å². The molecule has 3 N–H and O–H groups in total. The van der Waals surface area contributed by atoms with Crippen LogP contribution in [-0.2, 0) is 14.8 Å². The van der Waals surface area contributed by atoms with Crippen molar-refractivity contribution in [2.75, 3.05) is 25.5 Å². The monoisotopic (exact) mass is 286 g/mol. The first kappa shape index (κ1) is 15.9. The van der Waals surface area contributed by atoms with Crippen molar-refractivity contribution in [3.63, 3.8) is 0 Å². The summed E-state index contributed by atoms with van der Waals surface area (Å²) >= 11 is 0. The number of aryl methyl sites for hydroxylation is 1. The Labute approximate surface area is 115 Å². The number of hydrogen-bond acceptors (Lipinski definition) is 4. The van der Waals surface area contributed by atoms with Crippen LogP contribution in [0.1, 0.15) is 25.3 Å². The van der Waals surface area contributed by atoms with Crippen molar-refractivity contribution in [3.05, 3.63) is 23.8 Å². The van der Waals surface area contributed by atoms with Gasteiger partial charge in [0.25, 0.3) is 0 Å². The fourth-order valence-electron chi connectivity index (χ4n) is 1.59. The van der Waals surface area contributed by atoms with Crippen molar-refractivity contribution in [2.45, 2.75) is 31.6 Å². The lowest BCUT2D eigenvalue weighted by Gasteiger charge is -2.10. The van der Waals surface area contributed by atoms with Gasteiger partial charge in [0.1, 0.15) is 4.90 Å². The van der Waals surface area contributed by atoms with Gasteiger partial charge in [0.15, 0.2) is 0 Å². The molecule has 0 saturated carbocycles. The first-order valence-electron chi connectivity index (χ1n) is 6.41. The van der Waals surface area contributed by atoms with Crippen LogP contribution in [0.2, 0.25) is 0 Å². The summed E-state index contributed by atoms with van der Waals surface area (Å²) in [6.45, 7) is 5.21. The van der Waals surface area contributed by atoms with Crippen LogP contribution in [0.25, 0.3) is 0 Å². The predicted octanol–water partition coefficient (Wildman–Crippen LogP) is 1.67. The summed E-state index contributed by atoms with van der Waals surface area (Å²) in [5, 5.41) is 0. The van der Waals surface area contributed by atoms with Gasteiger partial charge in [0.05, 0.1) is 12.3 Å². The summed E-state index contributed by atoms with van der Waals surface area (Å²) in [6.07, 6.45) is 2.04. The first-order valence-corrected chi connectivity index (χ1v) is 7.89. The number of sulfonamides is 1. The number of hydrogen-bond donors (Lipinski definition) is 2. The molecule has 1 aromatic rings. The van der Waals surface area contributed by atoms with Crippen LogP contribution in [0, 0.1) is 6.92 Å². The third-order valence-corrected chi connectivity index (χ3v) is 4.17. The Kier molecular flexibility index (Phi) is 6.27. The van der Waals surface area contributed by atoms with E-state index >= 15 is 0 Å². The van der Waals surface area contributed by atoms with Crippen molar-refractivity contribution < 1.29 is 13.2 Å². The van der Waals surface area contributed by atoms with E-state index in [4.69, 9.17) is 10.5 Å². The molecule has 108 valence electrons. The van der Waals surface area contributed by atoms with E-state index in [0.717, 1.165) is 18.4 Å². The van der Waals surface area contributed by atoms with Crippen molar-refractivity contribution >= 4 is 15.7 Å². The number of anilines is 1. The highest BCUT2D eigenvalue weighted by Gasteiger charge is 2.16. The molecule has 0 aliphatic heterocycles. The van der Waals surface area contributed by atoms with Crippen LogP contribution in [0.15, 0.2) is 23.1 Å². The summed E-state index contributed by atoms with van der Waals surface area (Å²) in [6, 6.07) is 4.89. The number of rotatable bonds is 8. The highest BCUT2D eigenvalue weighted by molar-refractivity contribution is 7.89. The number of nitrogens with one attached hydrogen (secondary N) is 1. The van der Waals surface area contributed by atoms with Gasteiger partial charge in [0.2, 0.25) is 10.0 Å². The van der Waals surface area contributed by atoms with E-state index < -0.39 is 10.0 Å². The van der Waals surface area contributed by atoms with Gasteiger partial charge in [-0.05, 0) is 31.0 Å². The normalized spacial score (nSPS) is 11.7. The molecule has 0 amide bonds. The van der Waals surface area contributed by atoms with Gasteiger partial charge in [-0.1, -0.05) is 19.4 Å². The molecule has 1 aromatic carbocycles. The summed E-state index contributed by atoms with van der Waals surface area (Å²) in [5.41, 5.74) is 6.92. The zero-order chi connectivity index (χ0) is 14.3. The number of unbranched alkanes of at least 4 members (excludes halogenated alkanes) is 1. The van der Waals surface area contributed by atoms with Gasteiger partial charge in [-0.3, -0.25) is 0 Å². The van der Waals surface area contributed by atoms with Gasteiger partial charge in [0, 0.05) is 13.2 Å². The maximum absolute atomic E-state index is 12.0. The fourth-order valence-corrected chi connectivity index (χ4v) is 2.71. The van der Waals surface area contributed by atoms with Crippen molar-refractivity contribution in [3.8, 4) is 0 Å². The molecule has 0 spiro atoms. The largest absolute Gasteiger partial charge is 0.398 e. The molecular weight excluding hydrogens is 264 g/mol. The summed E-state index contributed by atoms with van der Waals surface area (Å²) in [7, 11) is -3.56. The number of ether oxygens (including phenoxy) is 1. The van der Waals surface area contributed by atoms with E-state index in [9.17, 15) is 8.42 Å². The molecular formula is C13H22N2O3S. The maximum atomic E-state index is 12.0. The van der Waals surface area contributed by atoms with Crippen molar-refractivity contribution in [1.29, 1.82) is 0 Å². The lowest BCUT2D eigenvalue weighted by molar-refractivity contribution is 0.136. The third-order valence-electron chi connectivity index (χ3n) is 2.64.